The van der Waals surface area contributed by atoms with Crippen LogP contribution in [-0.2, 0) is 15.8 Å². The van der Waals surface area contributed by atoms with Crippen molar-refractivity contribution < 1.29 is 17.2 Å². The summed E-state index contributed by atoms with van der Waals surface area (Å²) < 4.78 is 53.3. The van der Waals surface area contributed by atoms with Crippen LogP contribution in [0.2, 0.25) is 0 Å². The van der Waals surface area contributed by atoms with E-state index in [9.17, 15) is 17.2 Å². The normalized spacial score (nSPS) is 16.0. The number of rotatable bonds is 6. The Balaban J connectivity index is 1.49. The Morgan fingerprint density at radius 3 is 2.46 bits per heavy atom. The van der Waals surface area contributed by atoms with Crippen LogP contribution in [0.4, 0.5) is 14.5 Å². The second-order valence-electron chi connectivity index (χ2n) is 6.53. The highest BCUT2D eigenvalue weighted by molar-refractivity contribution is 7.88. The topological polar surface area (TPSA) is 62.3 Å². The summed E-state index contributed by atoms with van der Waals surface area (Å²) in [6, 6.07) is 6.70. The van der Waals surface area contributed by atoms with Crippen molar-refractivity contribution in [3.63, 3.8) is 0 Å². The predicted octanol–water partition coefficient (Wildman–Crippen LogP) is 2.70. The van der Waals surface area contributed by atoms with Crippen LogP contribution in [0.25, 0.3) is 0 Å². The number of pyridine rings is 1. The van der Waals surface area contributed by atoms with E-state index in [0.717, 1.165) is 49.8 Å². The van der Waals surface area contributed by atoms with Gasteiger partial charge in [-0.15, -0.1) is 0 Å². The number of benzene rings is 1. The van der Waals surface area contributed by atoms with E-state index in [4.69, 9.17) is 0 Å². The highest BCUT2D eigenvalue weighted by Crippen LogP contribution is 2.22. The first kappa shape index (κ1) is 18.7. The Kier molecular flexibility index (Phi) is 5.83. The molecule has 0 amide bonds. The van der Waals surface area contributed by atoms with Gasteiger partial charge in [0, 0.05) is 31.9 Å². The fraction of sp³-hybridized carbons (Fsp3) is 0.389. The van der Waals surface area contributed by atoms with Crippen LogP contribution in [0, 0.1) is 17.6 Å². The molecule has 1 fully saturated rings. The van der Waals surface area contributed by atoms with Crippen LogP contribution >= 0.6 is 0 Å². The molecule has 3 rings (SSSR count). The zero-order valence-corrected chi connectivity index (χ0v) is 15.1. The number of hydrogen-bond donors (Lipinski definition) is 1. The quantitative estimate of drug-likeness (QED) is 0.836. The van der Waals surface area contributed by atoms with Crippen molar-refractivity contribution in [3.8, 4) is 0 Å². The molecule has 1 saturated heterocycles. The molecule has 1 N–H and O–H groups in total. The first-order chi connectivity index (χ1) is 12.4. The summed E-state index contributed by atoms with van der Waals surface area (Å²) in [6.45, 7) is 2.02. The number of hydrogen-bond acceptors (Lipinski definition) is 4. The summed E-state index contributed by atoms with van der Waals surface area (Å²) in [5.74, 6) is -1.76. The summed E-state index contributed by atoms with van der Waals surface area (Å²) >= 11 is 0. The number of nitrogens with one attached hydrogen (secondary N) is 1. The van der Waals surface area contributed by atoms with E-state index >= 15 is 0 Å². The molecule has 0 atom stereocenters. The van der Waals surface area contributed by atoms with E-state index < -0.39 is 27.4 Å². The number of anilines is 1. The van der Waals surface area contributed by atoms with Crippen molar-refractivity contribution in [2.24, 2.45) is 5.92 Å². The van der Waals surface area contributed by atoms with E-state index in [1.165, 1.54) is 0 Å². The molecule has 0 aliphatic carbocycles. The molecule has 8 heteroatoms. The van der Waals surface area contributed by atoms with Crippen LogP contribution in [-0.4, -0.2) is 33.0 Å². The molecule has 0 saturated carbocycles. The molecule has 5 nitrogen and oxygen atoms in total. The van der Waals surface area contributed by atoms with Gasteiger partial charge in [-0.25, -0.2) is 21.9 Å². The van der Waals surface area contributed by atoms with Crippen molar-refractivity contribution >= 4 is 15.7 Å². The Labute approximate surface area is 152 Å². The number of nitrogens with zero attached hydrogens (tertiary/aromatic N) is 2. The SMILES string of the molecule is O=S(=O)(Cc1cc(F)cc(F)c1)NCC1CCN(c2cccnc2)CC1. The predicted molar refractivity (Wildman–Crippen MR) is 96.2 cm³/mol. The Morgan fingerprint density at radius 2 is 1.85 bits per heavy atom. The lowest BCUT2D eigenvalue weighted by Gasteiger charge is -2.33. The second kappa shape index (κ2) is 8.09. The fourth-order valence-electron chi connectivity index (χ4n) is 3.15. The standard InChI is InChI=1S/C18H21F2N3O2S/c19-16-8-15(9-17(20)10-16)13-26(24,25)22-11-14-3-6-23(7-4-14)18-2-1-5-21-12-18/h1-2,5,8-10,12,14,22H,3-4,6-7,11,13H2. The molecule has 0 unspecified atom stereocenters. The maximum atomic E-state index is 13.2. The third-order valence-corrected chi connectivity index (χ3v) is 5.82. The van der Waals surface area contributed by atoms with Gasteiger partial charge in [0.05, 0.1) is 17.6 Å². The molecule has 2 aromatic rings. The lowest BCUT2D eigenvalue weighted by atomic mass is 9.97. The van der Waals surface area contributed by atoms with Gasteiger partial charge in [-0.3, -0.25) is 4.98 Å². The Hall–Kier alpha value is -2.06. The van der Waals surface area contributed by atoms with E-state index in [1.54, 1.807) is 6.20 Å². The van der Waals surface area contributed by atoms with Gasteiger partial charge in [0.15, 0.2) is 0 Å². The summed E-state index contributed by atoms with van der Waals surface area (Å²) in [5, 5.41) is 0. The summed E-state index contributed by atoms with van der Waals surface area (Å²) in [5.41, 5.74) is 1.17. The smallest absolute Gasteiger partial charge is 0.215 e. The first-order valence-electron chi connectivity index (χ1n) is 8.48. The summed E-state index contributed by atoms with van der Waals surface area (Å²) in [7, 11) is -3.64. The molecule has 1 aromatic heterocycles. The summed E-state index contributed by atoms with van der Waals surface area (Å²) in [4.78, 5) is 6.34. The van der Waals surface area contributed by atoms with Gasteiger partial charge in [-0.2, -0.15) is 0 Å². The van der Waals surface area contributed by atoms with Crippen LogP contribution in [0.15, 0.2) is 42.7 Å². The molecule has 140 valence electrons. The molecule has 2 heterocycles. The molecule has 0 radical (unpaired) electrons. The maximum Gasteiger partial charge on any atom is 0.215 e. The van der Waals surface area contributed by atoms with Crippen molar-refractivity contribution in [3.05, 3.63) is 59.9 Å². The lowest BCUT2D eigenvalue weighted by molar-refractivity contribution is 0.402. The largest absolute Gasteiger partial charge is 0.370 e. The monoisotopic (exact) mass is 381 g/mol. The van der Waals surface area contributed by atoms with Gasteiger partial charge in [0.25, 0.3) is 0 Å². The molecular formula is C18H21F2N3O2S. The molecule has 1 aliphatic rings. The van der Waals surface area contributed by atoms with Crippen molar-refractivity contribution in [1.82, 2.24) is 9.71 Å². The number of piperidine rings is 1. The fourth-order valence-corrected chi connectivity index (χ4v) is 4.34. The second-order valence-corrected chi connectivity index (χ2v) is 8.33. The Morgan fingerprint density at radius 1 is 1.15 bits per heavy atom. The van der Waals surface area contributed by atoms with Crippen molar-refractivity contribution in [2.45, 2.75) is 18.6 Å². The highest BCUT2D eigenvalue weighted by Gasteiger charge is 2.22. The van der Waals surface area contributed by atoms with Crippen molar-refractivity contribution in [1.29, 1.82) is 0 Å². The molecule has 1 aromatic carbocycles. The average molecular weight is 381 g/mol. The van der Waals surface area contributed by atoms with E-state index in [2.05, 4.69) is 14.6 Å². The summed E-state index contributed by atoms with van der Waals surface area (Å²) in [6.07, 6.45) is 5.29. The van der Waals surface area contributed by atoms with Gasteiger partial charge < -0.3 is 4.90 Å². The number of aromatic nitrogens is 1. The van der Waals surface area contributed by atoms with E-state index in [-0.39, 0.29) is 11.5 Å². The first-order valence-corrected chi connectivity index (χ1v) is 10.1. The molecule has 0 spiro atoms. The van der Waals surface area contributed by atoms with Crippen molar-refractivity contribution in [2.75, 3.05) is 24.5 Å². The van der Waals surface area contributed by atoms with Crippen LogP contribution in [0.5, 0.6) is 0 Å². The van der Waals surface area contributed by atoms with Gasteiger partial charge in [-0.05, 0) is 48.6 Å². The van der Waals surface area contributed by atoms with Gasteiger partial charge in [0.2, 0.25) is 10.0 Å². The van der Waals surface area contributed by atoms with E-state index in [0.29, 0.717) is 6.54 Å². The average Bonchev–Trinajstić information content (AvgIpc) is 2.60. The van der Waals surface area contributed by atoms with Gasteiger partial charge in [0.1, 0.15) is 11.6 Å². The lowest BCUT2D eigenvalue weighted by Crippen LogP contribution is -2.39. The van der Waals surface area contributed by atoms with Gasteiger partial charge in [-0.1, -0.05) is 0 Å². The number of sulfonamides is 1. The zero-order valence-electron chi connectivity index (χ0n) is 14.2. The molecule has 0 bridgehead atoms. The molecule has 26 heavy (non-hydrogen) atoms. The van der Waals surface area contributed by atoms with Gasteiger partial charge >= 0.3 is 0 Å². The minimum absolute atomic E-state index is 0.0985. The third-order valence-electron chi connectivity index (χ3n) is 4.50. The highest BCUT2D eigenvalue weighted by atomic mass is 32.2. The van der Waals surface area contributed by atoms with E-state index in [1.807, 2.05) is 18.3 Å². The minimum Gasteiger partial charge on any atom is -0.370 e. The van der Waals surface area contributed by atoms with Crippen LogP contribution in [0.1, 0.15) is 18.4 Å². The third kappa shape index (κ3) is 5.22. The minimum atomic E-state index is -3.64. The maximum absolute atomic E-state index is 13.2. The molecular weight excluding hydrogens is 360 g/mol. The zero-order chi connectivity index (χ0) is 18.6. The molecule has 1 aliphatic heterocycles. The number of halogens is 2. The Bertz CT molecular complexity index is 819. The van der Waals surface area contributed by atoms with Crippen LogP contribution in [0.3, 0.4) is 0 Å². The van der Waals surface area contributed by atoms with Crippen LogP contribution < -0.4 is 9.62 Å².